The Labute approximate surface area is 123 Å². The van der Waals surface area contributed by atoms with Gasteiger partial charge < -0.3 is 10.6 Å². The minimum Gasteiger partial charge on any atom is -0.357 e. The third kappa shape index (κ3) is 7.84. The van der Waals surface area contributed by atoms with E-state index in [0.717, 1.165) is 25.0 Å². The van der Waals surface area contributed by atoms with Crippen molar-refractivity contribution >= 4 is 29.9 Å². The predicted octanol–water partition coefficient (Wildman–Crippen LogP) is 3.15. The first-order valence-corrected chi connectivity index (χ1v) is 6.81. The Balaban J connectivity index is 0.00000256. The summed E-state index contributed by atoms with van der Waals surface area (Å²) < 4.78 is 0. The van der Waals surface area contributed by atoms with Gasteiger partial charge in [-0.25, -0.2) is 0 Å². The molecule has 0 radical (unpaired) electrons. The molecule has 0 aromatic carbocycles. The van der Waals surface area contributed by atoms with Crippen LogP contribution in [0.1, 0.15) is 51.9 Å². The molecular weight excluding hydrogens is 325 g/mol. The van der Waals surface area contributed by atoms with Crippen LogP contribution in [0.4, 0.5) is 0 Å². The number of aliphatic imine (C=N–C) groups is 1. The molecule has 0 bridgehead atoms. The van der Waals surface area contributed by atoms with Crippen molar-refractivity contribution in [2.45, 2.75) is 51.9 Å². The van der Waals surface area contributed by atoms with Gasteiger partial charge in [0.2, 0.25) is 0 Å². The summed E-state index contributed by atoms with van der Waals surface area (Å²) in [6.07, 6.45) is 9.95. The molecule has 2 N–H and O–H groups in total. The molecule has 0 heterocycles. The third-order valence-corrected chi connectivity index (χ3v) is 3.37. The fourth-order valence-electron chi connectivity index (χ4n) is 2.46. The second kappa shape index (κ2) is 11.1. The lowest BCUT2D eigenvalue weighted by molar-refractivity contribution is 0.332. The predicted molar refractivity (Wildman–Crippen MR) is 86.3 cm³/mol. The standard InChI is InChI=1S/C13H27N3.HI/c1-3-15-13(14-2)16-11-7-10-12-8-5-4-6-9-12;/h12H,3-11H2,1-2H3,(H2,14,15,16);1H. The lowest BCUT2D eigenvalue weighted by Gasteiger charge is -2.21. The van der Waals surface area contributed by atoms with Gasteiger partial charge in [0, 0.05) is 20.1 Å². The number of halogens is 1. The molecule has 0 atom stereocenters. The highest BCUT2D eigenvalue weighted by atomic mass is 127. The van der Waals surface area contributed by atoms with E-state index in [-0.39, 0.29) is 24.0 Å². The largest absolute Gasteiger partial charge is 0.357 e. The number of hydrogen-bond donors (Lipinski definition) is 2. The van der Waals surface area contributed by atoms with E-state index in [4.69, 9.17) is 0 Å². The van der Waals surface area contributed by atoms with Crippen LogP contribution in [0.5, 0.6) is 0 Å². The maximum atomic E-state index is 4.16. The van der Waals surface area contributed by atoms with Crippen LogP contribution in [-0.4, -0.2) is 26.1 Å². The average molecular weight is 353 g/mol. The summed E-state index contributed by atoms with van der Waals surface area (Å²) in [5.74, 6) is 1.93. The molecule has 3 nitrogen and oxygen atoms in total. The van der Waals surface area contributed by atoms with Gasteiger partial charge in [0.25, 0.3) is 0 Å². The fraction of sp³-hybridized carbons (Fsp3) is 0.923. The summed E-state index contributed by atoms with van der Waals surface area (Å²) in [4.78, 5) is 4.16. The molecule has 1 aliphatic rings. The van der Waals surface area contributed by atoms with Crippen molar-refractivity contribution in [1.82, 2.24) is 10.6 Å². The van der Waals surface area contributed by atoms with Crippen molar-refractivity contribution in [1.29, 1.82) is 0 Å². The Hall–Kier alpha value is 0. The van der Waals surface area contributed by atoms with Crippen molar-refractivity contribution in [3.63, 3.8) is 0 Å². The molecule has 1 fully saturated rings. The van der Waals surface area contributed by atoms with Gasteiger partial charge in [-0.15, -0.1) is 24.0 Å². The van der Waals surface area contributed by atoms with E-state index >= 15 is 0 Å². The van der Waals surface area contributed by atoms with Crippen molar-refractivity contribution < 1.29 is 0 Å². The van der Waals surface area contributed by atoms with Gasteiger partial charge in [-0.3, -0.25) is 4.99 Å². The number of nitrogens with zero attached hydrogens (tertiary/aromatic N) is 1. The SMILES string of the molecule is CCNC(=NC)NCCCC1CCCCC1.I. The lowest BCUT2D eigenvalue weighted by Crippen LogP contribution is -2.37. The Bertz CT molecular complexity index is 201. The van der Waals surface area contributed by atoms with Gasteiger partial charge in [0.15, 0.2) is 5.96 Å². The molecule has 0 aromatic rings. The van der Waals surface area contributed by atoms with Crippen LogP contribution in [0.3, 0.4) is 0 Å². The highest BCUT2D eigenvalue weighted by Crippen LogP contribution is 2.26. The van der Waals surface area contributed by atoms with E-state index < -0.39 is 0 Å². The Morgan fingerprint density at radius 1 is 1.18 bits per heavy atom. The van der Waals surface area contributed by atoms with Gasteiger partial charge in [-0.05, 0) is 25.7 Å². The Morgan fingerprint density at radius 3 is 2.47 bits per heavy atom. The number of hydrogen-bond acceptors (Lipinski definition) is 1. The number of rotatable bonds is 5. The van der Waals surface area contributed by atoms with E-state index in [0.29, 0.717) is 0 Å². The van der Waals surface area contributed by atoms with Gasteiger partial charge in [-0.1, -0.05) is 32.1 Å². The first-order chi connectivity index (χ1) is 7.86. The monoisotopic (exact) mass is 353 g/mol. The van der Waals surface area contributed by atoms with E-state index in [9.17, 15) is 0 Å². The zero-order valence-electron chi connectivity index (χ0n) is 11.3. The normalized spacial score (nSPS) is 17.4. The first kappa shape index (κ1) is 17.0. The molecular formula is C13H28IN3. The van der Waals surface area contributed by atoms with Crippen LogP contribution >= 0.6 is 24.0 Å². The Morgan fingerprint density at radius 2 is 1.88 bits per heavy atom. The van der Waals surface area contributed by atoms with Crippen LogP contribution in [0.2, 0.25) is 0 Å². The van der Waals surface area contributed by atoms with E-state index in [1.165, 1.54) is 44.9 Å². The zero-order chi connectivity index (χ0) is 11.6. The average Bonchev–Trinajstić information content (AvgIpc) is 2.34. The molecule has 4 heteroatoms. The quantitative estimate of drug-likeness (QED) is 0.345. The van der Waals surface area contributed by atoms with Crippen LogP contribution in [-0.2, 0) is 0 Å². The number of guanidine groups is 1. The van der Waals surface area contributed by atoms with Gasteiger partial charge in [0.1, 0.15) is 0 Å². The molecule has 17 heavy (non-hydrogen) atoms. The second-order valence-electron chi connectivity index (χ2n) is 4.68. The highest BCUT2D eigenvalue weighted by molar-refractivity contribution is 14.0. The summed E-state index contributed by atoms with van der Waals surface area (Å²) in [5, 5.41) is 6.56. The summed E-state index contributed by atoms with van der Waals surface area (Å²) in [6.45, 7) is 4.08. The summed E-state index contributed by atoms with van der Waals surface area (Å²) in [6, 6.07) is 0. The molecule has 102 valence electrons. The van der Waals surface area contributed by atoms with Crippen molar-refractivity contribution in [3.05, 3.63) is 0 Å². The molecule has 0 aliphatic heterocycles. The Kier molecular flexibility index (Phi) is 11.1. The second-order valence-corrected chi connectivity index (χ2v) is 4.68. The molecule has 1 aliphatic carbocycles. The molecule has 1 rings (SSSR count). The van der Waals surface area contributed by atoms with Crippen molar-refractivity contribution in [3.8, 4) is 0 Å². The van der Waals surface area contributed by atoms with E-state index in [1.54, 1.807) is 0 Å². The summed E-state index contributed by atoms with van der Waals surface area (Å²) in [7, 11) is 1.83. The molecule has 0 amide bonds. The van der Waals surface area contributed by atoms with Crippen LogP contribution in [0.15, 0.2) is 4.99 Å². The highest BCUT2D eigenvalue weighted by Gasteiger charge is 2.12. The topological polar surface area (TPSA) is 36.4 Å². The molecule has 0 saturated heterocycles. The maximum Gasteiger partial charge on any atom is 0.190 e. The lowest BCUT2D eigenvalue weighted by atomic mass is 9.86. The first-order valence-electron chi connectivity index (χ1n) is 6.81. The van der Waals surface area contributed by atoms with Crippen molar-refractivity contribution in [2.24, 2.45) is 10.9 Å². The fourth-order valence-corrected chi connectivity index (χ4v) is 2.46. The maximum absolute atomic E-state index is 4.16. The minimum absolute atomic E-state index is 0. The van der Waals surface area contributed by atoms with Crippen molar-refractivity contribution in [2.75, 3.05) is 20.1 Å². The number of nitrogens with one attached hydrogen (secondary N) is 2. The van der Waals surface area contributed by atoms with E-state index in [1.807, 2.05) is 7.05 Å². The summed E-state index contributed by atoms with van der Waals surface area (Å²) >= 11 is 0. The summed E-state index contributed by atoms with van der Waals surface area (Å²) in [5.41, 5.74) is 0. The third-order valence-electron chi connectivity index (χ3n) is 3.37. The minimum atomic E-state index is 0. The van der Waals surface area contributed by atoms with Crippen LogP contribution in [0.25, 0.3) is 0 Å². The van der Waals surface area contributed by atoms with Gasteiger partial charge >= 0.3 is 0 Å². The zero-order valence-corrected chi connectivity index (χ0v) is 13.6. The molecule has 0 aromatic heterocycles. The van der Waals surface area contributed by atoms with Crippen LogP contribution < -0.4 is 10.6 Å². The molecule has 0 unspecified atom stereocenters. The molecule has 0 spiro atoms. The van der Waals surface area contributed by atoms with Gasteiger partial charge in [0.05, 0.1) is 0 Å². The van der Waals surface area contributed by atoms with Crippen LogP contribution in [0, 0.1) is 5.92 Å². The van der Waals surface area contributed by atoms with E-state index in [2.05, 4.69) is 22.5 Å². The molecule has 1 saturated carbocycles. The van der Waals surface area contributed by atoms with Gasteiger partial charge in [-0.2, -0.15) is 0 Å². The smallest absolute Gasteiger partial charge is 0.190 e.